The molecule has 4 rings (SSSR count). The highest BCUT2D eigenvalue weighted by atomic mass is 32.1. The van der Waals surface area contributed by atoms with Gasteiger partial charge in [-0.1, -0.05) is 35.9 Å². The summed E-state index contributed by atoms with van der Waals surface area (Å²) in [6, 6.07) is 12.2. The first-order chi connectivity index (χ1) is 15.1. The van der Waals surface area contributed by atoms with Gasteiger partial charge in [0, 0.05) is 19.6 Å². The van der Waals surface area contributed by atoms with Crippen molar-refractivity contribution in [2.45, 2.75) is 51.6 Å². The van der Waals surface area contributed by atoms with E-state index in [0.29, 0.717) is 12.5 Å². The third-order valence-electron chi connectivity index (χ3n) is 6.60. The van der Waals surface area contributed by atoms with Crippen molar-refractivity contribution < 1.29 is 9.59 Å². The normalized spacial score (nSPS) is 20.5. The smallest absolute Gasteiger partial charge is 0.264 e. The highest BCUT2D eigenvalue weighted by Crippen LogP contribution is 2.23. The standard InChI is InChI=1S/C25H33N3O2S/c1-19-7-9-21(10-8-19)18-27-14-11-20(12-15-27)17-26-24(29)22-5-2-3-13-28(22)25(30)23-6-4-16-31-23/h4,6-10,16,20,22H,2-3,5,11-15,17-18H2,1H3,(H,26,29). The van der Waals surface area contributed by atoms with Gasteiger partial charge in [0.1, 0.15) is 6.04 Å². The number of hydrogen-bond donors (Lipinski definition) is 1. The monoisotopic (exact) mass is 439 g/mol. The van der Waals surface area contributed by atoms with E-state index in [1.165, 1.54) is 22.5 Å². The zero-order valence-corrected chi connectivity index (χ0v) is 19.2. The van der Waals surface area contributed by atoms with Gasteiger partial charge in [-0.15, -0.1) is 11.3 Å². The number of rotatable bonds is 6. The van der Waals surface area contributed by atoms with Crippen molar-refractivity contribution in [3.05, 3.63) is 57.8 Å². The first-order valence-corrected chi connectivity index (χ1v) is 12.4. The molecule has 1 aromatic carbocycles. The number of benzene rings is 1. The summed E-state index contributed by atoms with van der Waals surface area (Å²) in [4.78, 5) is 30.8. The highest BCUT2D eigenvalue weighted by Gasteiger charge is 2.33. The molecule has 2 fully saturated rings. The maximum Gasteiger partial charge on any atom is 0.264 e. The Labute approximate surface area is 189 Å². The van der Waals surface area contributed by atoms with Gasteiger partial charge < -0.3 is 10.2 Å². The Kier molecular flexibility index (Phi) is 7.41. The van der Waals surface area contributed by atoms with Crippen LogP contribution in [-0.4, -0.2) is 53.8 Å². The summed E-state index contributed by atoms with van der Waals surface area (Å²) in [5.41, 5.74) is 2.66. The van der Waals surface area contributed by atoms with Gasteiger partial charge in [-0.3, -0.25) is 14.5 Å². The van der Waals surface area contributed by atoms with Crippen LogP contribution in [0.2, 0.25) is 0 Å². The minimum atomic E-state index is -0.329. The number of likely N-dealkylation sites (tertiary alicyclic amines) is 2. The second kappa shape index (κ2) is 10.4. The number of amides is 2. The fourth-order valence-corrected chi connectivity index (χ4v) is 5.33. The Bertz CT molecular complexity index is 857. The van der Waals surface area contributed by atoms with Gasteiger partial charge in [0.2, 0.25) is 5.91 Å². The number of thiophene rings is 1. The zero-order chi connectivity index (χ0) is 21.6. The van der Waals surface area contributed by atoms with Crippen LogP contribution in [-0.2, 0) is 11.3 Å². The predicted molar refractivity (Wildman–Crippen MR) is 125 cm³/mol. The minimum Gasteiger partial charge on any atom is -0.354 e. The van der Waals surface area contributed by atoms with Crippen molar-refractivity contribution in [2.75, 3.05) is 26.2 Å². The number of hydrogen-bond acceptors (Lipinski definition) is 4. The Balaban J connectivity index is 1.24. The fraction of sp³-hybridized carbons (Fsp3) is 0.520. The van der Waals surface area contributed by atoms with Gasteiger partial charge in [0.15, 0.2) is 0 Å². The molecule has 3 heterocycles. The first-order valence-electron chi connectivity index (χ1n) is 11.5. The van der Waals surface area contributed by atoms with Crippen LogP contribution >= 0.6 is 11.3 Å². The quantitative estimate of drug-likeness (QED) is 0.738. The largest absolute Gasteiger partial charge is 0.354 e. The van der Waals surface area contributed by atoms with E-state index in [2.05, 4.69) is 41.4 Å². The van der Waals surface area contributed by atoms with Crippen LogP contribution in [0.4, 0.5) is 0 Å². The predicted octanol–water partition coefficient (Wildman–Crippen LogP) is 4.08. The topological polar surface area (TPSA) is 52.7 Å². The fourth-order valence-electron chi connectivity index (χ4n) is 4.65. The maximum atomic E-state index is 12.9. The first kappa shape index (κ1) is 22.0. The lowest BCUT2D eigenvalue weighted by molar-refractivity contribution is -0.126. The molecule has 2 aliphatic rings. The molecule has 5 nitrogen and oxygen atoms in total. The van der Waals surface area contributed by atoms with Crippen LogP contribution in [0.5, 0.6) is 0 Å². The second-order valence-corrected chi connectivity index (χ2v) is 9.89. The molecule has 0 saturated carbocycles. The van der Waals surface area contributed by atoms with E-state index < -0.39 is 0 Å². The average Bonchev–Trinajstić information content (AvgIpc) is 3.34. The molecule has 1 aromatic heterocycles. The summed E-state index contributed by atoms with van der Waals surface area (Å²) in [7, 11) is 0. The number of carbonyl (C=O) groups excluding carboxylic acids is 2. The second-order valence-electron chi connectivity index (χ2n) is 8.94. The number of nitrogens with one attached hydrogen (secondary N) is 1. The summed E-state index contributed by atoms with van der Waals surface area (Å²) >= 11 is 1.45. The minimum absolute atomic E-state index is 0.000682. The molecular formula is C25H33N3O2S. The lowest BCUT2D eigenvalue weighted by atomic mass is 9.95. The van der Waals surface area contributed by atoms with E-state index in [1.807, 2.05) is 17.5 Å². The van der Waals surface area contributed by atoms with Crippen molar-refractivity contribution >= 4 is 23.2 Å². The third kappa shape index (κ3) is 5.74. The zero-order valence-electron chi connectivity index (χ0n) is 18.4. The lowest BCUT2D eigenvalue weighted by Gasteiger charge is -2.35. The van der Waals surface area contributed by atoms with E-state index in [4.69, 9.17) is 0 Å². The molecular weight excluding hydrogens is 406 g/mol. The van der Waals surface area contributed by atoms with Crippen LogP contribution in [0.3, 0.4) is 0 Å². The van der Waals surface area contributed by atoms with Crippen LogP contribution in [0.25, 0.3) is 0 Å². The van der Waals surface area contributed by atoms with Crippen LogP contribution in [0.1, 0.15) is 52.9 Å². The Morgan fingerprint density at radius 3 is 2.52 bits per heavy atom. The molecule has 2 amide bonds. The molecule has 166 valence electrons. The van der Waals surface area contributed by atoms with Crippen molar-refractivity contribution in [3.63, 3.8) is 0 Å². The molecule has 2 aliphatic heterocycles. The molecule has 0 bridgehead atoms. The van der Waals surface area contributed by atoms with Gasteiger partial charge in [-0.25, -0.2) is 0 Å². The van der Waals surface area contributed by atoms with Gasteiger partial charge in [-0.2, -0.15) is 0 Å². The van der Waals surface area contributed by atoms with Crippen LogP contribution in [0.15, 0.2) is 41.8 Å². The molecule has 31 heavy (non-hydrogen) atoms. The number of aryl methyl sites for hydroxylation is 1. The SMILES string of the molecule is Cc1ccc(CN2CCC(CNC(=O)C3CCCCN3C(=O)c3cccs3)CC2)cc1. The lowest BCUT2D eigenvalue weighted by Crippen LogP contribution is -2.52. The number of piperidine rings is 2. The molecule has 0 spiro atoms. The van der Waals surface area contributed by atoms with E-state index in [1.54, 1.807) is 4.90 Å². The molecule has 0 radical (unpaired) electrons. The molecule has 2 aromatic rings. The maximum absolute atomic E-state index is 12.9. The molecule has 6 heteroatoms. The third-order valence-corrected chi connectivity index (χ3v) is 7.46. The van der Waals surface area contributed by atoms with Crippen LogP contribution in [0, 0.1) is 12.8 Å². The molecule has 1 unspecified atom stereocenters. The van der Waals surface area contributed by atoms with Gasteiger partial charge in [0.25, 0.3) is 5.91 Å². The van der Waals surface area contributed by atoms with E-state index in [0.717, 1.165) is 63.2 Å². The Hall–Kier alpha value is -2.18. The number of carbonyl (C=O) groups is 2. The summed E-state index contributed by atoms with van der Waals surface area (Å²) in [5, 5.41) is 5.09. The van der Waals surface area contributed by atoms with Crippen molar-refractivity contribution in [2.24, 2.45) is 5.92 Å². The molecule has 1 N–H and O–H groups in total. The number of nitrogens with zero attached hydrogens (tertiary/aromatic N) is 2. The highest BCUT2D eigenvalue weighted by molar-refractivity contribution is 7.12. The van der Waals surface area contributed by atoms with Gasteiger partial charge in [-0.05, 0) is 75.0 Å². The molecule has 2 saturated heterocycles. The van der Waals surface area contributed by atoms with Gasteiger partial charge >= 0.3 is 0 Å². The van der Waals surface area contributed by atoms with E-state index in [-0.39, 0.29) is 17.9 Å². The molecule has 0 aliphatic carbocycles. The van der Waals surface area contributed by atoms with Crippen molar-refractivity contribution in [3.8, 4) is 0 Å². The van der Waals surface area contributed by atoms with E-state index >= 15 is 0 Å². The van der Waals surface area contributed by atoms with E-state index in [9.17, 15) is 9.59 Å². The Morgan fingerprint density at radius 2 is 1.81 bits per heavy atom. The van der Waals surface area contributed by atoms with Crippen LogP contribution < -0.4 is 5.32 Å². The average molecular weight is 440 g/mol. The summed E-state index contributed by atoms with van der Waals surface area (Å²) in [5.74, 6) is 0.536. The molecule has 1 atom stereocenters. The summed E-state index contributed by atoms with van der Waals surface area (Å²) in [6.45, 7) is 6.65. The van der Waals surface area contributed by atoms with Crippen molar-refractivity contribution in [1.29, 1.82) is 0 Å². The summed E-state index contributed by atoms with van der Waals surface area (Å²) < 4.78 is 0. The summed E-state index contributed by atoms with van der Waals surface area (Å²) in [6.07, 6.45) is 4.95. The van der Waals surface area contributed by atoms with Gasteiger partial charge in [0.05, 0.1) is 4.88 Å². The van der Waals surface area contributed by atoms with Crippen molar-refractivity contribution in [1.82, 2.24) is 15.1 Å². The Morgan fingerprint density at radius 1 is 1.03 bits per heavy atom.